The van der Waals surface area contributed by atoms with E-state index in [1.807, 2.05) is 0 Å². The van der Waals surface area contributed by atoms with Gasteiger partial charge in [0.15, 0.2) is 0 Å². The summed E-state index contributed by atoms with van der Waals surface area (Å²) in [5, 5.41) is 0. The van der Waals surface area contributed by atoms with Crippen LogP contribution in [0.15, 0.2) is 12.4 Å². The summed E-state index contributed by atoms with van der Waals surface area (Å²) in [5.41, 5.74) is 0. The first-order valence-electron chi connectivity index (χ1n) is 1.37. The maximum atomic E-state index is 10.7. The van der Waals surface area contributed by atoms with Crippen molar-refractivity contribution < 1.29 is 4.39 Å². The molecule has 0 aromatic carbocycles. The predicted molar refractivity (Wildman–Crippen MR) is 20.8 cm³/mol. The van der Waals surface area contributed by atoms with Crippen molar-refractivity contribution in [2.75, 3.05) is 0 Å². The number of hydrogen-bond acceptors (Lipinski definition) is 0. The number of rotatable bonds is 1. The first-order valence-corrected chi connectivity index (χ1v) is 1.37. The molecule has 5 heavy (non-hydrogen) atoms. The highest BCUT2D eigenvalue weighted by atomic mass is 19.1. The SMILES string of the molecule is [B]CC=CF. The van der Waals surface area contributed by atoms with Crippen LogP contribution in [0, 0.1) is 0 Å². The summed E-state index contributed by atoms with van der Waals surface area (Å²) in [4.78, 5) is 0. The van der Waals surface area contributed by atoms with Crippen LogP contribution in [0.1, 0.15) is 0 Å². The van der Waals surface area contributed by atoms with E-state index >= 15 is 0 Å². The normalized spacial score (nSPS) is 9.80. The van der Waals surface area contributed by atoms with Crippen LogP contribution in [0.3, 0.4) is 0 Å². The van der Waals surface area contributed by atoms with Gasteiger partial charge in [-0.3, -0.25) is 0 Å². The standard InChI is InChI=1S/C3H4BF/c4-2-1-3-5/h1,3H,2H2. The molecule has 0 unspecified atom stereocenters. The highest BCUT2D eigenvalue weighted by molar-refractivity contribution is 6.09. The molecule has 26 valence electrons. The van der Waals surface area contributed by atoms with Gasteiger partial charge >= 0.3 is 0 Å². The second-order valence-electron chi connectivity index (χ2n) is 0.597. The Balaban J connectivity index is 2.62. The van der Waals surface area contributed by atoms with Gasteiger partial charge in [-0.05, 0) is 0 Å². The van der Waals surface area contributed by atoms with Crippen LogP contribution in [-0.2, 0) is 0 Å². The quantitative estimate of drug-likeness (QED) is 0.404. The summed E-state index contributed by atoms with van der Waals surface area (Å²) in [6.07, 6.45) is 1.95. The van der Waals surface area contributed by atoms with Gasteiger partial charge in [0, 0.05) is 0 Å². The van der Waals surface area contributed by atoms with E-state index in [2.05, 4.69) is 0 Å². The van der Waals surface area contributed by atoms with Crippen molar-refractivity contribution in [1.82, 2.24) is 0 Å². The molecule has 2 heteroatoms. The Morgan fingerprint density at radius 2 is 2.40 bits per heavy atom. The Bertz CT molecular complexity index is 33.9. The van der Waals surface area contributed by atoms with Gasteiger partial charge in [-0.1, -0.05) is 12.4 Å². The molecule has 0 aliphatic carbocycles. The van der Waals surface area contributed by atoms with Crippen LogP contribution in [0.4, 0.5) is 4.39 Å². The predicted octanol–water partition coefficient (Wildman–Crippen LogP) is 1.06. The minimum absolute atomic E-state index is 0.288. The summed E-state index contributed by atoms with van der Waals surface area (Å²) in [7, 11) is 4.81. The first kappa shape index (κ1) is 4.73. The summed E-state index contributed by atoms with van der Waals surface area (Å²) < 4.78 is 10.7. The Kier molecular flexibility index (Phi) is 3.54. The third-order valence-electron chi connectivity index (χ3n) is 0.225. The van der Waals surface area contributed by atoms with Crippen LogP contribution < -0.4 is 0 Å². The van der Waals surface area contributed by atoms with Crippen LogP contribution in [0.5, 0.6) is 0 Å². The maximum absolute atomic E-state index is 10.7. The van der Waals surface area contributed by atoms with E-state index in [0.717, 1.165) is 0 Å². The van der Waals surface area contributed by atoms with Crippen molar-refractivity contribution in [3.05, 3.63) is 12.4 Å². The van der Waals surface area contributed by atoms with Crippen LogP contribution in [0.2, 0.25) is 6.32 Å². The molecule has 0 bridgehead atoms. The van der Waals surface area contributed by atoms with Crippen molar-refractivity contribution in [1.29, 1.82) is 0 Å². The largest absolute Gasteiger partial charge is 0.216 e. The Morgan fingerprint density at radius 1 is 1.80 bits per heavy atom. The number of hydrogen-bond donors (Lipinski definition) is 0. The van der Waals surface area contributed by atoms with Crippen LogP contribution in [-0.4, -0.2) is 7.85 Å². The molecule has 0 rings (SSSR count). The van der Waals surface area contributed by atoms with E-state index in [1.54, 1.807) is 0 Å². The minimum atomic E-state index is 0.288. The van der Waals surface area contributed by atoms with Gasteiger partial charge in [0.25, 0.3) is 0 Å². The zero-order valence-corrected chi connectivity index (χ0v) is 2.82. The second-order valence-corrected chi connectivity index (χ2v) is 0.597. The summed E-state index contributed by atoms with van der Waals surface area (Å²) >= 11 is 0. The Morgan fingerprint density at radius 3 is 2.40 bits per heavy atom. The van der Waals surface area contributed by atoms with E-state index in [0.29, 0.717) is 6.33 Å². The molecule has 0 spiro atoms. The topological polar surface area (TPSA) is 0 Å². The first-order chi connectivity index (χ1) is 2.41. The molecule has 0 fully saturated rings. The summed E-state index contributed by atoms with van der Waals surface area (Å²) in [6.45, 7) is 0. The zero-order valence-electron chi connectivity index (χ0n) is 2.82. The monoisotopic (exact) mass is 70.0 g/mol. The van der Waals surface area contributed by atoms with Gasteiger partial charge in [-0.15, -0.1) is 0 Å². The van der Waals surface area contributed by atoms with E-state index in [1.165, 1.54) is 6.08 Å². The lowest BCUT2D eigenvalue weighted by atomic mass is 10.1. The van der Waals surface area contributed by atoms with E-state index in [9.17, 15) is 4.39 Å². The lowest BCUT2D eigenvalue weighted by molar-refractivity contribution is 0.719. The molecule has 0 aromatic rings. The average molecular weight is 69.9 g/mol. The Labute approximate surface area is 32.1 Å². The third-order valence-corrected chi connectivity index (χ3v) is 0.225. The van der Waals surface area contributed by atoms with E-state index < -0.39 is 0 Å². The van der Waals surface area contributed by atoms with Gasteiger partial charge in [0.2, 0.25) is 0 Å². The van der Waals surface area contributed by atoms with Crippen molar-refractivity contribution in [2.45, 2.75) is 6.32 Å². The molecule has 2 radical (unpaired) electrons. The average Bonchev–Trinajstić information content (AvgIpc) is 1.41. The van der Waals surface area contributed by atoms with Crippen LogP contribution in [0.25, 0.3) is 0 Å². The molecule has 0 saturated heterocycles. The smallest absolute Gasteiger partial charge is 0.0819 e. The summed E-state index contributed by atoms with van der Waals surface area (Å²) in [6, 6.07) is 0. The molecule has 0 heterocycles. The fraction of sp³-hybridized carbons (Fsp3) is 0.333. The van der Waals surface area contributed by atoms with Crippen molar-refractivity contribution in [3.63, 3.8) is 0 Å². The lowest BCUT2D eigenvalue weighted by Gasteiger charge is -1.62. The molecule has 0 saturated carbocycles. The second kappa shape index (κ2) is 3.73. The van der Waals surface area contributed by atoms with Crippen molar-refractivity contribution in [3.8, 4) is 0 Å². The maximum Gasteiger partial charge on any atom is 0.0819 e. The van der Waals surface area contributed by atoms with E-state index in [-0.39, 0.29) is 6.32 Å². The van der Waals surface area contributed by atoms with Gasteiger partial charge in [0.05, 0.1) is 14.2 Å². The van der Waals surface area contributed by atoms with Crippen molar-refractivity contribution >= 4 is 7.85 Å². The third kappa shape index (κ3) is 3.73. The molecule has 0 aromatic heterocycles. The van der Waals surface area contributed by atoms with E-state index in [4.69, 9.17) is 7.85 Å². The molecule has 0 aliphatic heterocycles. The molecular formula is C3H4BF. The highest BCUT2D eigenvalue weighted by Crippen LogP contribution is 1.73. The molecule has 0 amide bonds. The summed E-state index contributed by atoms with van der Waals surface area (Å²) in [5.74, 6) is 0. The lowest BCUT2D eigenvalue weighted by Crippen LogP contribution is -1.50. The highest BCUT2D eigenvalue weighted by Gasteiger charge is 1.55. The molecule has 0 aliphatic rings. The molecular weight excluding hydrogens is 65.8 g/mol. The van der Waals surface area contributed by atoms with Gasteiger partial charge in [-0.25, -0.2) is 4.39 Å². The van der Waals surface area contributed by atoms with Gasteiger partial charge in [-0.2, -0.15) is 0 Å². The zero-order chi connectivity index (χ0) is 4.12. The molecule has 0 atom stereocenters. The van der Waals surface area contributed by atoms with Gasteiger partial charge < -0.3 is 0 Å². The van der Waals surface area contributed by atoms with Gasteiger partial charge in [0.1, 0.15) is 0 Å². The van der Waals surface area contributed by atoms with Crippen molar-refractivity contribution in [2.24, 2.45) is 0 Å². The number of allylic oxidation sites excluding steroid dienone is 1. The fourth-order valence-corrected chi connectivity index (χ4v) is 0.0514. The molecule has 0 N–H and O–H groups in total. The minimum Gasteiger partial charge on any atom is -0.216 e. The Hall–Kier alpha value is -0.265. The fourth-order valence-electron chi connectivity index (χ4n) is 0.0514. The molecule has 0 nitrogen and oxygen atoms in total. The number of halogens is 1. The van der Waals surface area contributed by atoms with Crippen LogP contribution >= 0.6 is 0 Å².